The van der Waals surface area contributed by atoms with E-state index in [1.165, 1.54) is 5.06 Å². The molecule has 3 rings (SSSR count). The molecule has 2 aromatic carbocycles. The summed E-state index contributed by atoms with van der Waals surface area (Å²) in [4.78, 5) is 12.9. The van der Waals surface area contributed by atoms with Gasteiger partial charge in [0.25, 0.3) is 0 Å². The number of carbonyl (C=O) groups is 1. The summed E-state index contributed by atoms with van der Waals surface area (Å²) in [7, 11) is 0. The summed E-state index contributed by atoms with van der Waals surface area (Å²) in [5.41, 5.74) is -0.902. The summed E-state index contributed by atoms with van der Waals surface area (Å²) in [6.45, 7) is 0.903. The molecule has 0 aromatic heterocycles. The van der Waals surface area contributed by atoms with Crippen LogP contribution in [0.4, 0.5) is 0 Å². The first-order valence-electron chi connectivity index (χ1n) is 8.09. The highest BCUT2D eigenvalue weighted by molar-refractivity contribution is 5.85. The van der Waals surface area contributed by atoms with Gasteiger partial charge in [-0.2, -0.15) is 5.06 Å². The lowest BCUT2D eigenvalue weighted by atomic mass is 9.86. The summed E-state index contributed by atoms with van der Waals surface area (Å²) in [5, 5.41) is 21.9. The first-order valence-corrected chi connectivity index (χ1v) is 8.09. The minimum atomic E-state index is -1.85. The number of piperidine rings is 1. The van der Waals surface area contributed by atoms with Gasteiger partial charge >= 0.3 is 5.97 Å². The first kappa shape index (κ1) is 16.6. The van der Waals surface area contributed by atoms with Crippen molar-refractivity contribution in [3.63, 3.8) is 0 Å². The van der Waals surface area contributed by atoms with Crippen LogP contribution in [0.5, 0.6) is 0 Å². The van der Waals surface area contributed by atoms with E-state index in [0.717, 1.165) is 0 Å². The van der Waals surface area contributed by atoms with E-state index in [1.54, 1.807) is 48.5 Å². The molecule has 0 spiro atoms. The van der Waals surface area contributed by atoms with Gasteiger partial charge in [0.05, 0.1) is 0 Å². The Labute approximate surface area is 141 Å². The van der Waals surface area contributed by atoms with Crippen LogP contribution in [0, 0.1) is 0 Å². The van der Waals surface area contributed by atoms with Crippen molar-refractivity contribution in [2.75, 3.05) is 13.1 Å². The smallest absolute Gasteiger partial charge is 0.347 e. The largest absolute Gasteiger partial charge is 0.460 e. The molecule has 0 unspecified atom stereocenters. The average molecular weight is 327 g/mol. The van der Waals surface area contributed by atoms with Crippen LogP contribution in [0.2, 0.25) is 0 Å². The van der Waals surface area contributed by atoms with Crippen LogP contribution in [0.1, 0.15) is 24.0 Å². The zero-order valence-electron chi connectivity index (χ0n) is 13.3. The van der Waals surface area contributed by atoms with Gasteiger partial charge in [-0.3, -0.25) is 0 Å². The van der Waals surface area contributed by atoms with Gasteiger partial charge in [-0.25, -0.2) is 4.79 Å². The van der Waals surface area contributed by atoms with Crippen molar-refractivity contribution >= 4 is 5.97 Å². The number of hydrogen-bond acceptors (Lipinski definition) is 5. The Morgan fingerprint density at radius 3 is 1.88 bits per heavy atom. The number of aliphatic hydroxyl groups is 1. The van der Waals surface area contributed by atoms with Gasteiger partial charge in [0.15, 0.2) is 0 Å². The molecule has 1 saturated heterocycles. The predicted octanol–water partition coefficient (Wildman–Crippen LogP) is 2.32. The fourth-order valence-electron chi connectivity index (χ4n) is 2.96. The Morgan fingerprint density at radius 2 is 1.42 bits per heavy atom. The third kappa shape index (κ3) is 3.33. The van der Waals surface area contributed by atoms with Crippen molar-refractivity contribution in [3.05, 3.63) is 71.8 Å². The van der Waals surface area contributed by atoms with Crippen LogP contribution in [-0.2, 0) is 15.1 Å². The summed E-state index contributed by atoms with van der Waals surface area (Å²) in [6.07, 6.45) is 0.781. The van der Waals surface area contributed by atoms with Crippen molar-refractivity contribution < 1.29 is 19.8 Å². The first-order chi connectivity index (χ1) is 11.6. The molecule has 0 atom stereocenters. The highest BCUT2D eigenvalue weighted by Gasteiger charge is 2.42. The Bertz CT molecular complexity index is 627. The highest BCUT2D eigenvalue weighted by Crippen LogP contribution is 2.32. The number of hydroxylamine groups is 2. The van der Waals surface area contributed by atoms with Gasteiger partial charge < -0.3 is 15.1 Å². The van der Waals surface area contributed by atoms with Gasteiger partial charge in [-0.1, -0.05) is 60.7 Å². The van der Waals surface area contributed by atoms with E-state index in [-0.39, 0.29) is 6.10 Å². The minimum absolute atomic E-state index is 0.306. The van der Waals surface area contributed by atoms with Crippen molar-refractivity contribution in [1.82, 2.24) is 5.06 Å². The lowest BCUT2D eigenvalue weighted by molar-refractivity contribution is -0.177. The van der Waals surface area contributed by atoms with Gasteiger partial charge in [-0.05, 0) is 24.0 Å². The quantitative estimate of drug-likeness (QED) is 0.844. The Morgan fingerprint density at radius 1 is 0.958 bits per heavy atom. The summed E-state index contributed by atoms with van der Waals surface area (Å²) in [6, 6.07) is 17.6. The van der Waals surface area contributed by atoms with Crippen LogP contribution in [-0.4, -0.2) is 40.5 Å². The lowest BCUT2D eigenvalue weighted by Gasteiger charge is -2.32. The number of rotatable bonds is 4. The second-order valence-corrected chi connectivity index (χ2v) is 6.00. The molecular formula is C19H21NO4. The number of hydrogen-bond donors (Lipinski definition) is 2. The maximum atomic E-state index is 12.9. The monoisotopic (exact) mass is 327 g/mol. The Balaban J connectivity index is 1.89. The number of benzene rings is 2. The molecule has 126 valence electrons. The number of carbonyl (C=O) groups excluding carboxylic acids is 1. The number of ether oxygens (including phenoxy) is 1. The molecule has 0 aliphatic carbocycles. The second-order valence-electron chi connectivity index (χ2n) is 6.00. The van der Waals surface area contributed by atoms with Gasteiger partial charge in [-0.15, -0.1) is 0 Å². The van der Waals surface area contributed by atoms with E-state index in [4.69, 9.17) is 4.74 Å². The standard InChI is InChI=1S/C19H21NO4/c21-18(24-17-11-13-20(23)14-12-17)19(22,15-7-3-1-4-8-15)16-9-5-2-6-10-16/h1-10,17,22-23H,11-14H2. The fourth-order valence-corrected chi connectivity index (χ4v) is 2.96. The van der Waals surface area contributed by atoms with E-state index < -0.39 is 11.6 Å². The normalized spacial score (nSPS) is 16.8. The molecule has 2 N–H and O–H groups in total. The molecule has 5 heteroatoms. The predicted molar refractivity (Wildman–Crippen MR) is 88.4 cm³/mol. The molecule has 0 amide bonds. The van der Waals surface area contributed by atoms with Crippen LogP contribution in [0.25, 0.3) is 0 Å². The molecule has 1 heterocycles. The SMILES string of the molecule is O=C(OC1CCN(O)CC1)C(O)(c1ccccc1)c1ccccc1. The average Bonchev–Trinajstić information content (AvgIpc) is 2.64. The van der Waals surface area contributed by atoms with Gasteiger partial charge in [0.1, 0.15) is 6.10 Å². The molecule has 1 aliphatic rings. The topological polar surface area (TPSA) is 70.0 Å². The van der Waals surface area contributed by atoms with Gasteiger partial charge in [0, 0.05) is 13.1 Å². The fraction of sp³-hybridized carbons (Fsp3) is 0.316. The van der Waals surface area contributed by atoms with E-state index in [1.807, 2.05) is 12.1 Å². The second kappa shape index (κ2) is 7.13. The Kier molecular flexibility index (Phi) is 4.94. The van der Waals surface area contributed by atoms with E-state index in [2.05, 4.69) is 0 Å². The molecule has 1 fully saturated rings. The summed E-state index contributed by atoms with van der Waals surface area (Å²) in [5.74, 6) is -0.684. The maximum Gasteiger partial charge on any atom is 0.347 e. The molecule has 5 nitrogen and oxygen atoms in total. The molecule has 2 aromatic rings. The van der Waals surface area contributed by atoms with E-state index in [0.29, 0.717) is 37.1 Å². The van der Waals surface area contributed by atoms with E-state index >= 15 is 0 Å². The van der Waals surface area contributed by atoms with Crippen molar-refractivity contribution in [2.45, 2.75) is 24.5 Å². The van der Waals surface area contributed by atoms with Crippen molar-refractivity contribution in [1.29, 1.82) is 0 Å². The number of esters is 1. The third-order valence-electron chi connectivity index (χ3n) is 4.37. The number of nitrogens with zero attached hydrogens (tertiary/aromatic N) is 1. The maximum absolute atomic E-state index is 12.9. The molecule has 0 saturated carbocycles. The zero-order chi connectivity index (χ0) is 17.0. The summed E-state index contributed by atoms with van der Waals surface area (Å²) < 4.78 is 5.59. The zero-order valence-corrected chi connectivity index (χ0v) is 13.3. The highest BCUT2D eigenvalue weighted by atomic mass is 16.6. The molecule has 1 aliphatic heterocycles. The van der Waals surface area contributed by atoms with Crippen LogP contribution >= 0.6 is 0 Å². The Hall–Kier alpha value is -2.21. The molecule has 0 bridgehead atoms. The third-order valence-corrected chi connectivity index (χ3v) is 4.37. The van der Waals surface area contributed by atoms with E-state index in [9.17, 15) is 15.1 Å². The van der Waals surface area contributed by atoms with Crippen molar-refractivity contribution in [3.8, 4) is 0 Å². The van der Waals surface area contributed by atoms with Gasteiger partial charge in [0.2, 0.25) is 5.60 Å². The lowest BCUT2D eigenvalue weighted by Crippen LogP contribution is -2.43. The summed E-state index contributed by atoms with van der Waals surface area (Å²) >= 11 is 0. The minimum Gasteiger partial charge on any atom is -0.460 e. The molecular weight excluding hydrogens is 306 g/mol. The molecule has 0 radical (unpaired) electrons. The van der Waals surface area contributed by atoms with Crippen LogP contribution in [0.15, 0.2) is 60.7 Å². The van der Waals surface area contributed by atoms with Crippen LogP contribution < -0.4 is 0 Å². The van der Waals surface area contributed by atoms with Crippen molar-refractivity contribution in [2.24, 2.45) is 0 Å². The molecule has 24 heavy (non-hydrogen) atoms. The van der Waals surface area contributed by atoms with Crippen LogP contribution in [0.3, 0.4) is 0 Å².